The summed E-state index contributed by atoms with van der Waals surface area (Å²) >= 11 is -0.547. The Bertz CT molecular complexity index is 238. The van der Waals surface area contributed by atoms with Crippen LogP contribution in [-0.2, 0) is 4.74 Å². The van der Waals surface area contributed by atoms with Crippen LogP contribution in [0, 0.1) is 0 Å². The molecule has 0 atom stereocenters. The molecule has 0 N–H and O–H groups in total. The van der Waals surface area contributed by atoms with Crippen molar-refractivity contribution in [1.29, 1.82) is 0 Å². The first-order chi connectivity index (χ1) is 9.26. The standard InChI is InChI=1S/C13H27.C4H5O.Sn/c1-4-7-10-13(11-8-5-2)12-9-6-3;1-2-4-5-3-1;/h4-12H2,1-3H3;1H,2,4H2;. The molecule has 1 nitrogen and oxygen atoms in total. The molecule has 0 saturated carbocycles. The van der Waals surface area contributed by atoms with Crippen molar-refractivity contribution in [2.75, 3.05) is 6.61 Å². The molecule has 0 amide bonds. The SMILES string of the molecule is CCCC[C](CCCC)(CCCC)[Sn][C]1=CCCO1. The van der Waals surface area contributed by atoms with Gasteiger partial charge in [-0.3, -0.25) is 0 Å². The zero-order chi connectivity index (χ0) is 14.0. The molecule has 0 fully saturated rings. The van der Waals surface area contributed by atoms with Crippen molar-refractivity contribution >= 4 is 21.1 Å². The second-order valence-electron chi connectivity index (χ2n) is 5.92. The first-order valence-electron chi connectivity index (χ1n) is 8.37. The summed E-state index contributed by atoms with van der Waals surface area (Å²) in [4.78, 5) is 0. The van der Waals surface area contributed by atoms with Gasteiger partial charge in [-0.1, -0.05) is 0 Å². The topological polar surface area (TPSA) is 9.23 Å². The van der Waals surface area contributed by atoms with E-state index >= 15 is 0 Å². The molecule has 1 heterocycles. The van der Waals surface area contributed by atoms with E-state index in [1.807, 2.05) is 0 Å². The molecule has 2 heteroatoms. The van der Waals surface area contributed by atoms with Crippen molar-refractivity contribution in [1.82, 2.24) is 0 Å². The van der Waals surface area contributed by atoms with Crippen LogP contribution in [0.25, 0.3) is 0 Å². The minimum atomic E-state index is -0.547. The molecule has 19 heavy (non-hydrogen) atoms. The average Bonchev–Trinajstić information content (AvgIpc) is 2.93. The van der Waals surface area contributed by atoms with Crippen LogP contribution in [0.3, 0.4) is 0 Å². The third-order valence-corrected chi connectivity index (χ3v) is 9.47. The summed E-state index contributed by atoms with van der Waals surface area (Å²) < 4.78 is 8.05. The summed E-state index contributed by atoms with van der Waals surface area (Å²) in [5.41, 5.74) is 0. The van der Waals surface area contributed by atoms with E-state index in [1.165, 1.54) is 68.0 Å². The molecule has 0 unspecified atom stereocenters. The number of unbranched alkanes of at least 4 members (excludes halogenated alkanes) is 3. The van der Waals surface area contributed by atoms with Crippen LogP contribution in [0.2, 0.25) is 3.43 Å². The molecule has 110 valence electrons. The first-order valence-corrected chi connectivity index (χ1v) is 11.2. The van der Waals surface area contributed by atoms with E-state index in [4.69, 9.17) is 4.74 Å². The second kappa shape index (κ2) is 10.1. The van der Waals surface area contributed by atoms with Crippen molar-refractivity contribution in [3.63, 3.8) is 0 Å². The zero-order valence-corrected chi connectivity index (χ0v) is 16.1. The monoisotopic (exact) mass is 372 g/mol. The van der Waals surface area contributed by atoms with E-state index in [-0.39, 0.29) is 0 Å². The summed E-state index contributed by atoms with van der Waals surface area (Å²) in [5, 5.41) is 0. The molecule has 1 rings (SSSR count). The summed E-state index contributed by atoms with van der Waals surface area (Å²) in [6.45, 7) is 7.96. The minimum absolute atomic E-state index is 0.547. The van der Waals surface area contributed by atoms with Gasteiger partial charge in [0.15, 0.2) is 0 Å². The number of hydrogen-bond donors (Lipinski definition) is 0. The van der Waals surface area contributed by atoms with Crippen LogP contribution in [0.1, 0.15) is 85.0 Å². The van der Waals surface area contributed by atoms with Crippen molar-refractivity contribution in [2.45, 2.75) is 88.4 Å². The second-order valence-corrected chi connectivity index (χ2v) is 11.1. The van der Waals surface area contributed by atoms with Gasteiger partial charge in [-0.25, -0.2) is 0 Å². The van der Waals surface area contributed by atoms with Crippen molar-refractivity contribution in [3.05, 3.63) is 9.85 Å². The number of ether oxygens (including phenoxy) is 1. The number of hydrogen-bond acceptors (Lipinski definition) is 1. The molecule has 0 aromatic carbocycles. The molecular formula is C17H32OSn. The maximum atomic E-state index is 5.89. The van der Waals surface area contributed by atoms with E-state index in [0.29, 0.717) is 3.43 Å². The Kier molecular flexibility index (Phi) is 9.26. The van der Waals surface area contributed by atoms with Gasteiger partial charge in [-0.05, 0) is 0 Å². The van der Waals surface area contributed by atoms with Gasteiger partial charge < -0.3 is 0 Å². The van der Waals surface area contributed by atoms with E-state index < -0.39 is 21.1 Å². The van der Waals surface area contributed by atoms with Gasteiger partial charge in [0.1, 0.15) is 0 Å². The van der Waals surface area contributed by atoms with Gasteiger partial charge in [0.05, 0.1) is 0 Å². The van der Waals surface area contributed by atoms with Crippen LogP contribution >= 0.6 is 0 Å². The van der Waals surface area contributed by atoms with Gasteiger partial charge in [0.25, 0.3) is 0 Å². The molecule has 1 aliphatic heterocycles. The van der Waals surface area contributed by atoms with E-state index in [1.54, 1.807) is 0 Å². The third kappa shape index (κ3) is 6.55. The molecule has 2 radical (unpaired) electrons. The average molecular weight is 371 g/mol. The van der Waals surface area contributed by atoms with Gasteiger partial charge in [-0.2, -0.15) is 0 Å². The quantitative estimate of drug-likeness (QED) is 0.425. The van der Waals surface area contributed by atoms with Crippen molar-refractivity contribution < 1.29 is 4.74 Å². The molecule has 0 aromatic rings. The first kappa shape index (κ1) is 17.4. The van der Waals surface area contributed by atoms with Crippen LogP contribution in [0.4, 0.5) is 0 Å². The summed E-state index contributed by atoms with van der Waals surface area (Å²) in [6.07, 6.45) is 16.3. The Morgan fingerprint density at radius 1 is 1.00 bits per heavy atom. The van der Waals surface area contributed by atoms with Crippen molar-refractivity contribution in [2.24, 2.45) is 0 Å². The Morgan fingerprint density at radius 2 is 1.53 bits per heavy atom. The molecule has 0 aromatic heterocycles. The van der Waals surface area contributed by atoms with Crippen molar-refractivity contribution in [3.8, 4) is 0 Å². The summed E-state index contributed by atoms with van der Waals surface area (Å²) in [5.74, 6) is 0. The fourth-order valence-electron chi connectivity index (χ4n) is 2.87. The summed E-state index contributed by atoms with van der Waals surface area (Å²) in [7, 11) is 0. The fourth-order valence-corrected chi connectivity index (χ4v) is 8.15. The Hall–Kier alpha value is 0.339. The van der Waals surface area contributed by atoms with E-state index in [0.717, 1.165) is 6.61 Å². The van der Waals surface area contributed by atoms with Gasteiger partial charge in [0, 0.05) is 0 Å². The normalized spacial score (nSPS) is 15.4. The molecule has 0 saturated heterocycles. The predicted molar refractivity (Wildman–Crippen MR) is 85.7 cm³/mol. The van der Waals surface area contributed by atoms with Gasteiger partial charge in [-0.15, -0.1) is 0 Å². The summed E-state index contributed by atoms with van der Waals surface area (Å²) in [6, 6.07) is 0. The maximum absolute atomic E-state index is 5.89. The van der Waals surface area contributed by atoms with Gasteiger partial charge in [0.2, 0.25) is 0 Å². The number of rotatable bonds is 11. The van der Waals surface area contributed by atoms with Crippen LogP contribution in [-0.4, -0.2) is 27.7 Å². The Morgan fingerprint density at radius 3 is 1.89 bits per heavy atom. The zero-order valence-electron chi connectivity index (χ0n) is 13.3. The van der Waals surface area contributed by atoms with Crippen LogP contribution in [0.15, 0.2) is 9.85 Å². The molecule has 0 spiro atoms. The third-order valence-electron chi connectivity index (χ3n) is 4.12. The van der Waals surface area contributed by atoms with E-state index in [9.17, 15) is 0 Å². The predicted octanol–water partition coefficient (Wildman–Crippen LogP) is 5.68. The van der Waals surface area contributed by atoms with Crippen LogP contribution in [0.5, 0.6) is 0 Å². The molecule has 0 bridgehead atoms. The Balaban J connectivity index is 2.67. The van der Waals surface area contributed by atoms with Crippen LogP contribution < -0.4 is 0 Å². The molecular weight excluding hydrogens is 339 g/mol. The fraction of sp³-hybridized carbons (Fsp3) is 0.882. The van der Waals surface area contributed by atoms with E-state index in [2.05, 4.69) is 26.8 Å². The van der Waals surface area contributed by atoms with Gasteiger partial charge >= 0.3 is 131 Å². The molecule has 0 aliphatic carbocycles. The molecule has 1 aliphatic rings. The Labute approximate surface area is 130 Å².